The van der Waals surface area contributed by atoms with Crippen molar-refractivity contribution in [3.8, 4) is 0 Å². The maximum atomic E-state index is 11.1. The Morgan fingerprint density at radius 2 is 2.08 bits per heavy atom. The zero-order valence-corrected chi connectivity index (χ0v) is 9.14. The van der Waals surface area contributed by atoms with Crippen molar-refractivity contribution >= 4 is 35.7 Å². The Bertz CT molecular complexity index is 198. The summed E-state index contributed by atoms with van der Waals surface area (Å²) in [5.41, 5.74) is 0. The summed E-state index contributed by atoms with van der Waals surface area (Å²) in [6.45, 7) is 3.97. The van der Waals surface area contributed by atoms with Gasteiger partial charge in [0, 0.05) is 6.54 Å². The summed E-state index contributed by atoms with van der Waals surface area (Å²) in [5, 5.41) is -0.833. The van der Waals surface area contributed by atoms with Gasteiger partial charge < -0.3 is 4.74 Å². The summed E-state index contributed by atoms with van der Waals surface area (Å²) < 4.78 is 4.51. The number of ether oxygens (including phenoxy) is 1. The van der Waals surface area contributed by atoms with Gasteiger partial charge in [0.25, 0.3) is 0 Å². The van der Waals surface area contributed by atoms with Gasteiger partial charge in [0.15, 0.2) is 0 Å². The number of carbonyl (C=O) groups excluding carboxylic acids is 2. The molecule has 0 aromatic carbocycles. The van der Waals surface area contributed by atoms with Crippen molar-refractivity contribution in [3.63, 3.8) is 0 Å². The van der Waals surface area contributed by atoms with E-state index in [9.17, 15) is 9.59 Å². The third-order valence-electron chi connectivity index (χ3n) is 1.17. The van der Waals surface area contributed by atoms with E-state index >= 15 is 0 Å². The molecule has 2 amide bonds. The number of amides is 2. The quantitative estimate of drug-likeness (QED) is 0.347. The topological polar surface area (TPSA) is 46.6 Å². The molecule has 0 atom stereocenters. The smallest absolute Gasteiger partial charge is 0.418 e. The third kappa shape index (κ3) is 5.00. The zero-order valence-electron chi connectivity index (χ0n) is 7.49. The van der Waals surface area contributed by atoms with E-state index in [0.717, 1.165) is 4.90 Å². The van der Waals surface area contributed by atoms with Crippen LogP contribution in [0.4, 0.5) is 9.59 Å². The van der Waals surface area contributed by atoms with E-state index in [1.165, 1.54) is 0 Å². The first-order valence-electron chi connectivity index (χ1n) is 3.73. The van der Waals surface area contributed by atoms with Gasteiger partial charge in [0.1, 0.15) is 5.94 Å². The van der Waals surface area contributed by atoms with E-state index in [0.29, 0.717) is 0 Å². The fourth-order valence-corrected chi connectivity index (χ4v) is 0.965. The van der Waals surface area contributed by atoms with Crippen molar-refractivity contribution in [2.75, 3.05) is 12.5 Å². The Morgan fingerprint density at radius 3 is 2.38 bits per heavy atom. The van der Waals surface area contributed by atoms with E-state index in [1.54, 1.807) is 0 Å². The number of rotatable bonds is 3. The molecule has 0 aliphatic heterocycles. The molecular weight excluding hydrogens is 214 g/mol. The Labute approximate surface area is 87.6 Å². The van der Waals surface area contributed by atoms with Crippen molar-refractivity contribution < 1.29 is 14.3 Å². The summed E-state index contributed by atoms with van der Waals surface area (Å²) in [5.74, 6) is 0.0765. The molecule has 4 nitrogen and oxygen atoms in total. The van der Waals surface area contributed by atoms with Gasteiger partial charge in [-0.25, -0.2) is 9.69 Å². The third-order valence-corrected chi connectivity index (χ3v) is 1.50. The van der Waals surface area contributed by atoms with Crippen molar-refractivity contribution in [2.45, 2.75) is 13.8 Å². The molecule has 0 aliphatic rings. The van der Waals surface area contributed by atoms with E-state index in [1.807, 2.05) is 13.8 Å². The van der Waals surface area contributed by atoms with Crippen LogP contribution in [-0.2, 0) is 4.74 Å². The molecule has 76 valence electrons. The molecule has 0 heterocycles. The highest BCUT2D eigenvalue weighted by Gasteiger charge is 2.21. The lowest BCUT2D eigenvalue weighted by atomic mass is 10.2. The molecule has 0 spiro atoms. The SMILES string of the molecule is CC(C)CN(C(=O)Cl)C(=O)OCS. The van der Waals surface area contributed by atoms with Crippen LogP contribution in [0.3, 0.4) is 0 Å². The van der Waals surface area contributed by atoms with E-state index in [-0.39, 0.29) is 18.4 Å². The fourth-order valence-electron chi connectivity index (χ4n) is 0.716. The minimum absolute atomic E-state index is 0.0718. The van der Waals surface area contributed by atoms with Gasteiger partial charge >= 0.3 is 11.5 Å². The lowest BCUT2D eigenvalue weighted by Gasteiger charge is -2.18. The van der Waals surface area contributed by atoms with Crippen molar-refractivity contribution in [1.29, 1.82) is 0 Å². The minimum Gasteiger partial charge on any atom is -0.438 e. The summed E-state index contributed by atoms with van der Waals surface area (Å²) in [4.78, 5) is 22.7. The molecule has 6 heteroatoms. The van der Waals surface area contributed by atoms with Crippen LogP contribution in [0.5, 0.6) is 0 Å². The highest BCUT2D eigenvalue weighted by molar-refractivity contribution is 7.80. The molecule has 0 unspecified atom stereocenters. The van der Waals surface area contributed by atoms with Crippen LogP contribution in [0, 0.1) is 5.92 Å². The molecule has 0 aromatic rings. The summed E-state index contributed by atoms with van der Waals surface area (Å²) in [7, 11) is 0. The lowest BCUT2D eigenvalue weighted by Crippen LogP contribution is -2.36. The summed E-state index contributed by atoms with van der Waals surface area (Å²) in [6, 6.07) is 0. The molecule has 0 aliphatic carbocycles. The first-order chi connectivity index (χ1) is 5.99. The van der Waals surface area contributed by atoms with Gasteiger partial charge in [-0.05, 0) is 17.5 Å². The van der Waals surface area contributed by atoms with Crippen LogP contribution in [0.1, 0.15) is 13.8 Å². The van der Waals surface area contributed by atoms with Gasteiger partial charge in [-0.1, -0.05) is 13.8 Å². The van der Waals surface area contributed by atoms with Crippen LogP contribution in [0.25, 0.3) is 0 Å². The number of carbonyl (C=O) groups is 2. The molecule has 0 rings (SSSR count). The Balaban J connectivity index is 4.24. The predicted molar refractivity (Wildman–Crippen MR) is 53.1 cm³/mol. The van der Waals surface area contributed by atoms with E-state index in [4.69, 9.17) is 11.6 Å². The second kappa shape index (κ2) is 6.10. The van der Waals surface area contributed by atoms with Crippen molar-refractivity contribution in [2.24, 2.45) is 5.92 Å². The van der Waals surface area contributed by atoms with Gasteiger partial charge in [-0.3, -0.25) is 4.79 Å². The van der Waals surface area contributed by atoms with Crippen LogP contribution in [-0.4, -0.2) is 28.8 Å². The summed E-state index contributed by atoms with van der Waals surface area (Å²) in [6.07, 6.45) is -0.760. The number of hydrogen-bond acceptors (Lipinski definition) is 4. The van der Waals surface area contributed by atoms with Crippen LogP contribution < -0.4 is 0 Å². The molecule has 0 radical (unpaired) electrons. The van der Waals surface area contributed by atoms with Gasteiger partial charge in [-0.15, -0.1) is 12.6 Å². The number of imide groups is 1. The number of nitrogens with zero attached hydrogens (tertiary/aromatic N) is 1. The predicted octanol–water partition coefficient (Wildman–Crippen LogP) is 2.33. The van der Waals surface area contributed by atoms with E-state index in [2.05, 4.69) is 17.4 Å². The minimum atomic E-state index is -0.833. The van der Waals surface area contributed by atoms with E-state index < -0.39 is 11.5 Å². The maximum absolute atomic E-state index is 11.1. The molecule has 0 saturated carbocycles. The summed E-state index contributed by atoms with van der Waals surface area (Å²) >= 11 is 8.87. The average molecular weight is 226 g/mol. The highest BCUT2D eigenvalue weighted by atomic mass is 35.5. The van der Waals surface area contributed by atoms with Crippen LogP contribution >= 0.6 is 24.2 Å². The Morgan fingerprint density at radius 1 is 1.54 bits per heavy atom. The Kier molecular flexibility index (Phi) is 5.90. The van der Waals surface area contributed by atoms with Crippen LogP contribution in [0.15, 0.2) is 0 Å². The standard InChI is InChI=1S/C7H12ClNO3S/c1-5(2)3-9(6(8)10)7(11)12-4-13/h5,13H,3-4H2,1-2H3. The molecule has 0 N–H and O–H groups in total. The van der Waals surface area contributed by atoms with Crippen LogP contribution in [0.2, 0.25) is 0 Å². The monoisotopic (exact) mass is 225 g/mol. The first kappa shape index (κ1) is 12.6. The highest BCUT2D eigenvalue weighted by Crippen LogP contribution is 2.05. The van der Waals surface area contributed by atoms with Gasteiger partial charge in [0.2, 0.25) is 0 Å². The number of thiol groups is 1. The van der Waals surface area contributed by atoms with Gasteiger partial charge in [0.05, 0.1) is 0 Å². The largest absolute Gasteiger partial charge is 0.438 e. The molecule has 0 aromatic heterocycles. The second-order valence-corrected chi connectivity index (χ2v) is 3.38. The zero-order chi connectivity index (χ0) is 10.4. The van der Waals surface area contributed by atoms with Crippen molar-refractivity contribution in [3.05, 3.63) is 0 Å². The maximum Gasteiger partial charge on any atom is 0.418 e. The molecule has 0 fully saturated rings. The number of halogens is 1. The normalized spacial score (nSPS) is 9.92. The first-order valence-corrected chi connectivity index (χ1v) is 4.74. The second-order valence-electron chi connectivity index (χ2n) is 2.80. The molecule has 13 heavy (non-hydrogen) atoms. The fraction of sp³-hybridized carbons (Fsp3) is 0.714. The lowest BCUT2D eigenvalue weighted by molar-refractivity contribution is 0.127. The number of hydrogen-bond donors (Lipinski definition) is 1. The molecule has 0 saturated heterocycles. The van der Waals surface area contributed by atoms with Gasteiger partial charge in [-0.2, -0.15) is 0 Å². The molecular formula is C7H12ClNO3S. The molecule has 0 bridgehead atoms. The average Bonchev–Trinajstić information content (AvgIpc) is 1.99. The Hall–Kier alpha value is -0.420. The van der Waals surface area contributed by atoms with Crippen molar-refractivity contribution in [1.82, 2.24) is 4.90 Å².